The van der Waals surface area contributed by atoms with Crippen molar-refractivity contribution in [1.82, 2.24) is 15.2 Å². The molecule has 8 heteroatoms. The highest BCUT2D eigenvalue weighted by Crippen LogP contribution is 2.11. The fourth-order valence-corrected chi connectivity index (χ4v) is 1.95. The lowest BCUT2D eigenvalue weighted by Crippen LogP contribution is -2.32. The smallest absolute Gasteiger partial charge is 0.365 e. The van der Waals surface area contributed by atoms with Crippen LogP contribution in [0.1, 0.15) is 35.5 Å². The summed E-state index contributed by atoms with van der Waals surface area (Å²) in [5, 5.41) is 11.2. The van der Waals surface area contributed by atoms with Gasteiger partial charge in [0.25, 0.3) is 0 Å². The zero-order valence-corrected chi connectivity index (χ0v) is 13.3. The van der Waals surface area contributed by atoms with E-state index in [9.17, 15) is 4.79 Å². The lowest BCUT2D eigenvalue weighted by molar-refractivity contribution is 0.0510. The second-order valence-electron chi connectivity index (χ2n) is 4.83. The van der Waals surface area contributed by atoms with Crippen molar-refractivity contribution in [2.24, 2.45) is 5.16 Å². The van der Waals surface area contributed by atoms with Crippen LogP contribution in [0, 0.1) is 6.92 Å². The Morgan fingerprint density at radius 3 is 2.43 bits per heavy atom. The minimum Gasteiger partial charge on any atom is -0.379 e. The zero-order chi connectivity index (χ0) is 16.8. The number of oxime groups is 1. The van der Waals surface area contributed by atoms with Crippen molar-refractivity contribution in [3.8, 4) is 0 Å². The van der Waals surface area contributed by atoms with Crippen LogP contribution in [0.15, 0.2) is 34.1 Å². The number of hydrogen-bond acceptors (Lipinski definition) is 7. The first-order valence-electron chi connectivity index (χ1n) is 7.26. The van der Waals surface area contributed by atoms with Crippen molar-refractivity contribution in [1.29, 1.82) is 0 Å². The number of amidine groups is 1. The minimum absolute atomic E-state index is 0.0852. The molecule has 1 heterocycles. The molecule has 0 fully saturated rings. The highest BCUT2D eigenvalue weighted by atomic mass is 16.7. The maximum absolute atomic E-state index is 12.1. The van der Waals surface area contributed by atoms with E-state index >= 15 is 0 Å². The summed E-state index contributed by atoms with van der Waals surface area (Å²) in [6.07, 6.45) is 0. The molecular weight excluding hydrogens is 298 g/mol. The van der Waals surface area contributed by atoms with Crippen LogP contribution < -0.4 is 5.73 Å². The number of carbonyl (C=O) groups excluding carboxylic acids is 1. The average molecular weight is 317 g/mol. The number of carbonyl (C=O) groups is 1. The van der Waals surface area contributed by atoms with Gasteiger partial charge in [-0.15, -0.1) is 0 Å². The topological polar surface area (TPSA) is 107 Å². The van der Waals surface area contributed by atoms with E-state index in [1.54, 1.807) is 12.1 Å². The normalized spacial score (nSPS) is 11.3. The molecule has 23 heavy (non-hydrogen) atoms. The van der Waals surface area contributed by atoms with Gasteiger partial charge in [-0.05, 0) is 43.2 Å². The van der Waals surface area contributed by atoms with E-state index in [0.29, 0.717) is 24.5 Å². The van der Waals surface area contributed by atoms with Gasteiger partial charge in [-0.1, -0.05) is 22.9 Å². The lowest BCUT2D eigenvalue weighted by Gasteiger charge is -2.20. The minimum atomic E-state index is -0.565. The number of nitrogen functional groups attached to an aromatic ring is 1. The molecule has 2 rings (SSSR count). The van der Waals surface area contributed by atoms with Crippen LogP contribution in [-0.2, 0) is 4.84 Å². The number of hydrogen-bond donors (Lipinski definition) is 1. The van der Waals surface area contributed by atoms with Gasteiger partial charge in [0.05, 0.1) is 5.56 Å². The monoisotopic (exact) mass is 317 g/mol. The molecule has 0 unspecified atom stereocenters. The van der Waals surface area contributed by atoms with Crippen LogP contribution in [0.25, 0.3) is 0 Å². The summed E-state index contributed by atoms with van der Waals surface area (Å²) in [5.41, 5.74) is 7.41. The van der Waals surface area contributed by atoms with Gasteiger partial charge in [-0.3, -0.25) is 0 Å². The Labute approximate surface area is 133 Å². The molecule has 0 aliphatic rings. The first-order chi connectivity index (χ1) is 11.1. The third-order valence-corrected chi connectivity index (χ3v) is 3.29. The molecular formula is C15H19N5O3. The van der Waals surface area contributed by atoms with Crippen molar-refractivity contribution in [3.05, 3.63) is 41.1 Å². The summed E-state index contributed by atoms with van der Waals surface area (Å²) in [4.78, 5) is 18.9. The molecule has 1 aromatic carbocycles. The van der Waals surface area contributed by atoms with E-state index < -0.39 is 5.97 Å². The Bertz CT molecular complexity index is 689. The molecule has 2 N–H and O–H groups in total. The third-order valence-electron chi connectivity index (χ3n) is 3.29. The molecule has 0 saturated carbocycles. The summed E-state index contributed by atoms with van der Waals surface area (Å²) < 4.78 is 4.60. The quantitative estimate of drug-likeness (QED) is 0.388. The van der Waals surface area contributed by atoms with E-state index in [2.05, 4.69) is 20.1 Å². The Balaban J connectivity index is 2.25. The molecule has 1 aromatic heterocycles. The summed E-state index contributed by atoms with van der Waals surface area (Å²) >= 11 is 0. The summed E-state index contributed by atoms with van der Waals surface area (Å²) in [6.45, 7) is 7.06. The number of benzene rings is 1. The fourth-order valence-electron chi connectivity index (χ4n) is 1.95. The third kappa shape index (κ3) is 3.85. The summed E-state index contributed by atoms with van der Waals surface area (Å²) in [7, 11) is 0. The lowest BCUT2D eigenvalue weighted by atomic mass is 10.2. The van der Waals surface area contributed by atoms with Crippen LogP contribution in [0.3, 0.4) is 0 Å². The first-order valence-corrected chi connectivity index (χ1v) is 7.26. The Morgan fingerprint density at radius 2 is 1.91 bits per heavy atom. The highest BCUT2D eigenvalue weighted by Gasteiger charge is 2.21. The molecule has 122 valence electrons. The maximum atomic E-state index is 12.1. The van der Waals surface area contributed by atoms with Crippen molar-refractivity contribution in [2.75, 3.05) is 18.8 Å². The van der Waals surface area contributed by atoms with Crippen molar-refractivity contribution in [2.45, 2.75) is 20.8 Å². The van der Waals surface area contributed by atoms with E-state index in [4.69, 9.17) is 10.6 Å². The van der Waals surface area contributed by atoms with Gasteiger partial charge in [0.15, 0.2) is 11.5 Å². The first kappa shape index (κ1) is 16.5. The molecule has 0 bridgehead atoms. The number of aromatic nitrogens is 2. The largest absolute Gasteiger partial charge is 0.379 e. The Hall–Kier alpha value is -2.90. The summed E-state index contributed by atoms with van der Waals surface area (Å²) in [6, 6.07) is 7.00. The standard InChI is InChI=1S/C15H19N5O3/c1-4-20(5-2)14(12-13(16)18-23-17-12)19-22-15(21)11-8-6-10(3)7-9-11/h6-9H,4-5H2,1-3H3,(H2,16,18)/b19-14+. The molecule has 0 aliphatic heterocycles. The van der Waals surface area contributed by atoms with Gasteiger partial charge in [0.1, 0.15) is 0 Å². The molecule has 0 aliphatic carbocycles. The average Bonchev–Trinajstić information content (AvgIpc) is 2.97. The van der Waals surface area contributed by atoms with E-state index in [0.717, 1.165) is 5.56 Å². The van der Waals surface area contributed by atoms with Gasteiger partial charge in [0.2, 0.25) is 5.84 Å². The van der Waals surface area contributed by atoms with Crippen LogP contribution in [-0.4, -0.2) is 40.1 Å². The predicted octanol–water partition coefficient (Wildman–Crippen LogP) is 1.82. The van der Waals surface area contributed by atoms with Crippen molar-refractivity contribution >= 4 is 17.6 Å². The Morgan fingerprint density at radius 1 is 1.26 bits per heavy atom. The highest BCUT2D eigenvalue weighted by molar-refractivity contribution is 6.00. The number of aryl methyl sites for hydroxylation is 1. The molecule has 0 saturated heterocycles. The molecule has 0 atom stereocenters. The molecule has 0 radical (unpaired) electrons. The van der Waals surface area contributed by atoms with E-state index in [1.165, 1.54) is 0 Å². The fraction of sp³-hybridized carbons (Fsp3) is 0.333. The van der Waals surface area contributed by atoms with Crippen molar-refractivity contribution in [3.63, 3.8) is 0 Å². The zero-order valence-electron chi connectivity index (χ0n) is 13.3. The van der Waals surface area contributed by atoms with Crippen LogP contribution in [0.2, 0.25) is 0 Å². The number of nitrogens with two attached hydrogens (primary N) is 1. The summed E-state index contributed by atoms with van der Waals surface area (Å²) in [5.74, 6) is -0.180. The SMILES string of the molecule is CCN(CC)/C(=N/OC(=O)c1ccc(C)cc1)c1nonc1N. The van der Waals surface area contributed by atoms with Gasteiger partial charge >= 0.3 is 5.97 Å². The molecule has 0 spiro atoms. The maximum Gasteiger partial charge on any atom is 0.365 e. The van der Waals surface area contributed by atoms with Crippen molar-refractivity contribution < 1.29 is 14.3 Å². The second kappa shape index (κ2) is 7.39. The molecule has 2 aromatic rings. The van der Waals surface area contributed by atoms with Crippen LogP contribution in [0.5, 0.6) is 0 Å². The number of nitrogens with zero attached hydrogens (tertiary/aromatic N) is 4. The molecule has 0 amide bonds. The van der Waals surface area contributed by atoms with E-state index in [-0.39, 0.29) is 11.5 Å². The molecule has 8 nitrogen and oxygen atoms in total. The van der Waals surface area contributed by atoms with E-state index in [1.807, 2.05) is 37.8 Å². The second-order valence-corrected chi connectivity index (χ2v) is 4.83. The van der Waals surface area contributed by atoms with Gasteiger partial charge in [-0.25, -0.2) is 9.42 Å². The predicted molar refractivity (Wildman–Crippen MR) is 84.8 cm³/mol. The van der Waals surface area contributed by atoms with Crippen LogP contribution in [0.4, 0.5) is 5.82 Å². The number of anilines is 1. The van der Waals surface area contributed by atoms with Gasteiger partial charge in [-0.2, -0.15) is 0 Å². The number of rotatable bonds is 5. The van der Waals surface area contributed by atoms with Gasteiger partial charge in [0, 0.05) is 13.1 Å². The van der Waals surface area contributed by atoms with Gasteiger partial charge < -0.3 is 15.5 Å². The Kier molecular flexibility index (Phi) is 5.29. The van der Waals surface area contributed by atoms with Crippen LogP contribution >= 0.6 is 0 Å².